The Balaban J connectivity index is 1.53. The summed E-state index contributed by atoms with van der Waals surface area (Å²) in [5.74, 6) is 0.704. The predicted octanol–water partition coefficient (Wildman–Crippen LogP) is 8.14. The van der Waals surface area contributed by atoms with Gasteiger partial charge in [-0.1, -0.05) is 46.2 Å². The fourth-order valence-corrected chi connectivity index (χ4v) is 7.44. The van der Waals surface area contributed by atoms with E-state index in [1.165, 1.54) is 23.7 Å². The molecule has 2 atom stereocenters. The number of hydrogen-bond acceptors (Lipinski definition) is 6. The minimum atomic E-state index is -1.30. The van der Waals surface area contributed by atoms with Crippen molar-refractivity contribution in [3.63, 3.8) is 0 Å². The minimum absolute atomic E-state index is 0.0182. The van der Waals surface area contributed by atoms with Crippen LogP contribution >= 0.6 is 0 Å². The van der Waals surface area contributed by atoms with Crippen LogP contribution in [0.15, 0.2) is 12.1 Å². The third kappa shape index (κ3) is 8.25. The van der Waals surface area contributed by atoms with Gasteiger partial charge < -0.3 is 14.2 Å². The van der Waals surface area contributed by atoms with E-state index in [9.17, 15) is 4.79 Å². The number of ether oxygens (including phenoxy) is 3. The summed E-state index contributed by atoms with van der Waals surface area (Å²) in [6.45, 7) is 23.7. The fraction of sp³-hybridized carbons (Fsp3) is 0.667. The highest BCUT2D eigenvalue weighted by atomic mass is 28.3. The average Bonchev–Trinajstić information content (AvgIpc) is 3.26. The van der Waals surface area contributed by atoms with Crippen LogP contribution in [-0.2, 0) is 40.5 Å². The second kappa shape index (κ2) is 12.2. The van der Waals surface area contributed by atoms with Crippen molar-refractivity contribution in [2.24, 2.45) is 11.3 Å². The predicted molar refractivity (Wildman–Crippen MR) is 183 cm³/mol. The summed E-state index contributed by atoms with van der Waals surface area (Å²) in [6.07, 6.45) is 2.39. The summed E-state index contributed by atoms with van der Waals surface area (Å²) in [5.41, 5.74) is 3.98. The van der Waals surface area contributed by atoms with Crippen LogP contribution in [0, 0.1) is 17.2 Å². The van der Waals surface area contributed by atoms with Gasteiger partial charge in [0, 0.05) is 46.7 Å². The van der Waals surface area contributed by atoms with Gasteiger partial charge >= 0.3 is 6.09 Å². The number of amides is 1. The van der Waals surface area contributed by atoms with Gasteiger partial charge in [0.15, 0.2) is 5.82 Å². The Morgan fingerprint density at radius 3 is 2.33 bits per heavy atom. The molecule has 0 spiro atoms. The molecule has 2 heterocycles. The molecule has 5 rings (SSSR count). The van der Waals surface area contributed by atoms with Crippen LogP contribution in [0.25, 0.3) is 22.6 Å². The number of hydrogen-bond donors (Lipinski definition) is 1. The maximum absolute atomic E-state index is 15.5. The number of nitrogens with one attached hydrogen (secondary N) is 1. The Kier molecular flexibility index (Phi) is 9.19. The SMILES string of the molecule is CC(C)(C)OC(=O)Nc1cc2nc(-c3nn(COCC[Si](C)(C)C)c4c3C[C@@H]3C[C@]3(C)C4)n(COCC[Si](C)(C)C)c2cc1F. The number of nitrogens with zero attached hydrogens (tertiary/aromatic N) is 4. The van der Waals surface area contributed by atoms with E-state index in [1.807, 2.05) is 9.25 Å². The van der Waals surface area contributed by atoms with Gasteiger partial charge in [-0.05, 0) is 69.5 Å². The van der Waals surface area contributed by atoms with Crippen LogP contribution in [0.2, 0.25) is 51.4 Å². The number of fused-ring (bicyclic) bond motifs is 3. The number of halogens is 1. The van der Waals surface area contributed by atoms with E-state index in [-0.39, 0.29) is 12.4 Å². The molecule has 2 aliphatic rings. The highest BCUT2D eigenvalue weighted by molar-refractivity contribution is 6.76. The van der Waals surface area contributed by atoms with E-state index >= 15 is 4.39 Å². The number of benzene rings is 1. The van der Waals surface area contributed by atoms with E-state index in [1.54, 1.807) is 26.8 Å². The molecule has 1 aromatic carbocycles. The molecule has 3 aromatic rings. The highest BCUT2D eigenvalue weighted by Crippen LogP contribution is 2.60. The van der Waals surface area contributed by atoms with Crippen molar-refractivity contribution in [1.29, 1.82) is 0 Å². The zero-order valence-corrected chi connectivity index (χ0v) is 30.9. The first kappa shape index (κ1) is 33.8. The molecule has 2 aliphatic carbocycles. The van der Waals surface area contributed by atoms with Gasteiger partial charge in [-0.25, -0.2) is 18.9 Å². The number of aromatic nitrogens is 4. The van der Waals surface area contributed by atoms with Gasteiger partial charge in [-0.2, -0.15) is 5.10 Å². The molecule has 0 unspecified atom stereocenters. The second-order valence-corrected chi connectivity index (χ2v) is 28.0. The molecule has 0 radical (unpaired) electrons. The zero-order valence-electron chi connectivity index (χ0n) is 28.9. The Labute approximate surface area is 269 Å². The summed E-state index contributed by atoms with van der Waals surface area (Å²) in [4.78, 5) is 17.5. The summed E-state index contributed by atoms with van der Waals surface area (Å²) in [6, 6.07) is 5.10. The minimum Gasteiger partial charge on any atom is -0.444 e. The molecule has 2 aromatic heterocycles. The normalized spacial score (nSPS) is 19.8. The van der Waals surface area contributed by atoms with Crippen LogP contribution in [0.5, 0.6) is 0 Å². The molecule has 1 fully saturated rings. The number of carbonyl (C=O) groups excluding carboxylic acids is 1. The van der Waals surface area contributed by atoms with E-state index in [2.05, 4.69) is 51.5 Å². The molecular weight excluding hydrogens is 606 g/mol. The first-order valence-corrected chi connectivity index (χ1v) is 23.7. The van der Waals surface area contributed by atoms with Gasteiger partial charge in [0.2, 0.25) is 0 Å². The van der Waals surface area contributed by atoms with Crippen molar-refractivity contribution in [1.82, 2.24) is 19.3 Å². The van der Waals surface area contributed by atoms with Crippen molar-refractivity contribution in [3.05, 3.63) is 29.2 Å². The summed E-state index contributed by atoms with van der Waals surface area (Å²) in [7, 11) is -2.52. The first-order valence-electron chi connectivity index (χ1n) is 16.3. The average molecular weight is 658 g/mol. The Hall–Kier alpha value is -2.55. The molecule has 0 bridgehead atoms. The molecule has 45 heavy (non-hydrogen) atoms. The molecule has 1 saturated carbocycles. The Bertz CT molecular complexity index is 1570. The number of carbonyl (C=O) groups is 1. The van der Waals surface area contributed by atoms with E-state index in [0.717, 1.165) is 37.2 Å². The van der Waals surface area contributed by atoms with Gasteiger partial charge in [-0.3, -0.25) is 9.88 Å². The summed E-state index contributed by atoms with van der Waals surface area (Å²) >= 11 is 0. The number of imidazole rings is 1. The lowest BCUT2D eigenvalue weighted by Crippen LogP contribution is -2.27. The van der Waals surface area contributed by atoms with Gasteiger partial charge in [0.05, 0.1) is 16.7 Å². The number of rotatable bonds is 12. The first-order chi connectivity index (χ1) is 20.8. The monoisotopic (exact) mass is 657 g/mol. The van der Waals surface area contributed by atoms with Crippen LogP contribution < -0.4 is 5.32 Å². The molecule has 0 aliphatic heterocycles. The van der Waals surface area contributed by atoms with Gasteiger partial charge in [0.25, 0.3) is 0 Å². The van der Waals surface area contributed by atoms with Gasteiger partial charge in [-0.15, -0.1) is 0 Å². The molecule has 9 nitrogen and oxygen atoms in total. The zero-order chi connectivity index (χ0) is 32.9. The maximum Gasteiger partial charge on any atom is 0.412 e. The van der Waals surface area contributed by atoms with Crippen molar-refractivity contribution >= 4 is 39.0 Å². The third-order valence-corrected chi connectivity index (χ3v) is 12.2. The van der Waals surface area contributed by atoms with E-state index in [0.29, 0.717) is 41.5 Å². The van der Waals surface area contributed by atoms with E-state index in [4.69, 9.17) is 24.3 Å². The quantitative estimate of drug-likeness (QED) is 0.156. The maximum atomic E-state index is 15.5. The van der Waals surface area contributed by atoms with Crippen LogP contribution in [0.3, 0.4) is 0 Å². The molecule has 0 saturated heterocycles. The lowest BCUT2D eigenvalue weighted by atomic mass is 9.87. The van der Waals surface area contributed by atoms with Crippen molar-refractivity contribution < 1.29 is 23.4 Å². The summed E-state index contributed by atoms with van der Waals surface area (Å²) in [5, 5.41) is 7.69. The highest BCUT2D eigenvalue weighted by Gasteiger charge is 2.54. The van der Waals surface area contributed by atoms with Crippen molar-refractivity contribution in [3.8, 4) is 11.5 Å². The van der Waals surface area contributed by atoms with Crippen molar-refractivity contribution in [2.45, 2.75) is 117 Å². The second-order valence-electron chi connectivity index (χ2n) is 16.7. The fourth-order valence-electron chi connectivity index (χ4n) is 5.93. The third-order valence-electron chi connectivity index (χ3n) is 8.84. The van der Waals surface area contributed by atoms with Gasteiger partial charge in [0.1, 0.15) is 30.6 Å². The lowest BCUT2D eigenvalue weighted by molar-refractivity contribution is 0.0635. The summed E-state index contributed by atoms with van der Waals surface area (Å²) < 4.78 is 37.2. The molecule has 1 N–H and O–H groups in total. The van der Waals surface area contributed by atoms with Crippen molar-refractivity contribution in [2.75, 3.05) is 18.5 Å². The van der Waals surface area contributed by atoms with E-state index < -0.39 is 33.7 Å². The largest absolute Gasteiger partial charge is 0.444 e. The molecule has 248 valence electrons. The lowest BCUT2D eigenvalue weighted by Gasteiger charge is -2.20. The Morgan fingerprint density at radius 2 is 1.71 bits per heavy atom. The standard InChI is InChI=1S/C33H52FN5O4Si2/c1-32(2,3)43-31(40)36-25-17-26-27(16-24(25)34)38(20-41-11-13-44(5,6)7)30(35-26)29-23-15-22-18-33(22,4)19-28(23)39(37-29)21-42-12-14-45(8,9)10/h16-17,22H,11-15,18-21H2,1-10H3,(H,36,40)/t22-,33-/m1/s1. The molecule has 12 heteroatoms. The molecular formula is C33H52FN5O4Si2. The topological polar surface area (TPSA) is 92.4 Å². The molecule has 1 amide bonds. The smallest absolute Gasteiger partial charge is 0.412 e. The Morgan fingerprint density at radius 1 is 1.07 bits per heavy atom. The number of anilines is 1. The van der Waals surface area contributed by atoms with Crippen LogP contribution in [0.1, 0.15) is 45.4 Å². The van der Waals surface area contributed by atoms with Crippen LogP contribution in [0.4, 0.5) is 14.9 Å². The van der Waals surface area contributed by atoms with Crippen LogP contribution in [-0.4, -0.2) is 60.4 Å².